The van der Waals surface area contributed by atoms with Crippen LogP contribution in [0.3, 0.4) is 0 Å². The van der Waals surface area contributed by atoms with Crippen LogP contribution in [0.2, 0.25) is 0 Å². The van der Waals surface area contributed by atoms with Crippen LogP contribution in [0, 0.1) is 12.8 Å². The monoisotopic (exact) mass is 239 g/mol. The van der Waals surface area contributed by atoms with Gasteiger partial charge in [0.05, 0.1) is 10.6 Å². The van der Waals surface area contributed by atoms with Crippen molar-refractivity contribution in [2.24, 2.45) is 5.92 Å². The third kappa shape index (κ3) is 2.62. The van der Waals surface area contributed by atoms with Gasteiger partial charge in [0.25, 0.3) is 0 Å². The van der Waals surface area contributed by atoms with Gasteiger partial charge < -0.3 is 5.32 Å². The summed E-state index contributed by atoms with van der Waals surface area (Å²) in [7, 11) is -3.10. The van der Waals surface area contributed by atoms with E-state index in [0.29, 0.717) is 4.90 Å². The molecule has 1 unspecified atom stereocenters. The summed E-state index contributed by atoms with van der Waals surface area (Å²) >= 11 is 0. The van der Waals surface area contributed by atoms with Gasteiger partial charge in [-0.15, -0.1) is 0 Å². The highest BCUT2D eigenvalue weighted by molar-refractivity contribution is 7.91. The first-order valence-corrected chi connectivity index (χ1v) is 7.23. The molecule has 1 saturated heterocycles. The number of aryl methyl sites for hydroxylation is 1. The minimum Gasteiger partial charge on any atom is -0.316 e. The van der Waals surface area contributed by atoms with Crippen molar-refractivity contribution in [2.45, 2.75) is 18.2 Å². The van der Waals surface area contributed by atoms with Gasteiger partial charge in [-0.2, -0.15) is 0 Å². The highest BCUT2D eigenvalue weighted by Crippen LogP contribution is 2.18. The van der Waals surface area contributed by atoms with Crippen molar-refractivity contribution in [1.82, 2.24) is 5.32 Å². The van der Waals surface area contributed by atoms with Crippen LogP contribution in [-0.4, -0.2) is 27.3 Å². The first kappa shape index (κ1) is 11.6. The molecule has 2 rings (SSSR count). The smallest absolute Gasteiger partial charge is 0.178 e. The molecule has 1 aliphatic heterocycles. The molecule has 1 heterocycles. The SMILES string of the molecule is Cc1ccc(S(=O)(=O)CC2CCNC2)cc1. The summed E-state index contributed by atoms with van der Waals surface area (Å²) in [6, 6.07) is 7.10. The lowest BCUT2D eigenvalue weighted by Crippen LogP contribution is -2.18. The summed E-state index contributed by atoms with van der Waals surface area (Å²) in [6.45, 7) is 3.72. The summed E-state index contributed by atoms with van der Waals surface area (Å²) in [5.41, 5.74) is 1.08. The normalized spacial score (nSPS) is 21.2. The van der Waals surface area contributed by atoms with Gasteiger partial charge in [-0.3, -0.25) is 0 Å². The van der Waals surface area contributed by atoms with Crippen LogP contribution in [-0.2, 0) is 9.84 Å². The minimum atomic E-state index is -3.10. The van der Waals surface area contributed by atoms with E-state index < -0.39 is 9.84 Å². The number of hydrogen-bond acceptors (Lipinski definition) is 3. The zero-order valence-corrected chi connectivity index (χ0v) is 10.3. The van der Waals surface area contributed by atoms with Crippen LogP contribution in [0.5, 0.6) is 0 Å². The van der Waals surface area contributed by atoms with Gasteiger partial charge in [-0.1, -0.05) is 17.7 Å². The van der Waals surface area contributed by atoms with E-state index in [9.17, 15) is 8.42 Å². The fourth-order valence-electron chi connectivity index (χ4n) is 2.01. The molecular weight excluding hydrogens is 222 g/mol. The fourth-order valence-corrected chi connectivity index (χ4v) is 3.66. The van der Waals surface area contributed by atoms with Gasteiger partial charge in [0.15, 0.2) is 9.84 Å². The molecule has 0 spiro atoms. The second-order valence-corrected chi connectivity index (χ2v) is 6.49. The summed E-state index contributed by atoms with van der Waals surface area (Å²) in [6.07, 6.45) is 0.963. The van der Waals surface area contributed by atoms with E-state index >= 15 is 0 Å². The van der Waals surface area contributed by atoms with E-state index in [1.54, 1.807) is 12.1 Å². The first-order valence-electron chi connectivity index (χ1n) is 5.58. The van der Waals surface area contributed by atoms with Crippen LogP contribution in [0.4, 0.5) is 0 Å². The molecule has 1 aromatic carbocycles. The summed E-state index contributed by atoms with van der Waals surface area (Å²) in [4.78, 5) is 0.449. The number of rotatable bonds is 3. The van der Waals surface area contributed by atoms with Gasteiger partial charge in [-0.25, -0.2) is 8.42 Å². The maximum atomic E-state index is 12.1. The summed E-state index contributed by atoms with van der Waals surface area (Å²) in [5, 5.41) is 3.19. The maximum Gasteiger partial charge on any atom is 0.178 e. The molecule has 0 aliphatic carbocycles. The van der Waals surface area contributed by atoms with Gasteiger partial charge in [0.2, 0.25) is 0 Å². The van der Waals surface area contributed by atoms with E-state index in [2.05, 4.69) is 5.32 Å². The fraction of sp³-hybridized carbons (Fsp3) is 0.500. The maximum absolute atomic E-state index is 12.1. The van der Waals surface area contributed by atoms with Gasteiger partial charge in [0, 0.05) is 0 Å². The van der Waals surface area contributed by atoms with E-state index in [1.165, 1.54) is 0 Å². The Balaban J connectivity index is 2.14. The molecule has 0 aromatic heterocycles. The van der Waals surface area contributed by atoms with Crippen molar-refractivity contribution >= 4 is 9.84 Å². The molecule has 3 nitrogen and oxygen atoms in total. The number of nitrogens with one attached hydrogen (secondary N) is 1. The summed E-state index contributed by atoms with van der Waals surface area (Å²) in [5.74, 6) is 0.537. The molecule has 1 aromatic rings. The molecule has 0 amide bonds. The molecule has 0 radical (unpaired) electrons. The van der Waals surface area contributed by atoms with Crippen molar-refractivity contribution in [2.75, 3.05) is 18.8 Å². The number of hydrogen-bond donors (Lipinski definition) is 1. The zero-order chi connectivity index (χ0) is 11.6. The van der Waals surface area contributed by atoms with Gasteiger partial charge in [-0.05, 0) is 44.5 Å². The van der Waals surface area contributed by atoms with E-state index in [1.807, 2.05) is 19.1 Å². The molecular formula is C12H17NO2S. The zero-order valence-electron chi connectivity index (χ0n) is 9.44. The topological polar surface area (TPSA) is 46.2 Å². The highest BCUT2D eigenvalue weighted by atomic mass is 32.2. The Kier molecular flexibility index (Phi) is 3.30. The van der Waals surface area contributed by atoms with Gasteiger partial charge >= 0.3 is 0 Å². The van der Waals surface area contributed by atoms with Crippen molar-refractivity contribution < 1.29 is 8.42 Å². The lowest BCUT2D eigenvalue weighted by Gasteiger charge is -2.09. The average Bonchev–Trinajstić information content (AvgIpc) is 2.70. The standard InChI is InChI=1S/C12H17NO2S/c1-10-2-4-12(5-3-10)16(14,15)9-11-6-7-13-8-11/h2-5,11,13H,6-9H2,1H3. The third-order valence-corrected chi connectivity index (χ3v) is 4.90. The molecule has 0 bridgehead atoms. The van der Waals surface area contributed by atoms with Crippen molar-refractivity contribution in [3.8, 4) is 0 Å². The molecule has 1 N–H and O–H groups in total. The molecule has 1 fully saturated rings. The quantitative estimate of drug-likeness (QED) is 0.866. The van der Waals surface area contributed by atoms with Crippen molar-refractivity contribution in [3.05, 3.63) is 29.8 Å². The molecule has 0 saturated carbocycles. The predicted molar refractivity (Wildman–Crippen MR) is 64.2 cm³/mol. The molecule has 1 aliphatic rings. The summed E-state index contributed by atoms with van der Waals surface area (Å²) < 4.78 is 24.1. The van der Waals surface area contributed by atoms with Crippen LogP contribution >= 0.6 is 0 Å². The number of sulfone groups is 1. The van der Waals surface area contributed by atoms with E-state index in [-0.39, 0.29) is 11.7 Å². The van der Waals surface area contributed by atoms with Crippen LogP contribution in [0.1, 0.15) is 12.0 Å². The Morgan fingerprint density at radius 3 is 2.56 bits per heavy atom. The van der Waals surface area contributed by atoms with Crippen LogP contribution in [0.25, 0.3) is 0 Å². The average molecular weight is 239 g/mol. The predicted octanol–water partition coefficient (Wildman–Crippen LogP) is 1.38. The Hall–Kier alpha value is -0.870. The lowest BCUT2D eigenvalue weighted by atomic mass is 10.2. The van der Waals surface area contributed by atoms with E-state index in [0.717, 1.165) is 25.1 Å². The largest absolute Gasteiger partial charge is 0.316 e. The Morgan fingerprint density at radius 1 is 1.31 bits per heavy atom. The van der Waals surface area contributed by atoms with E-state index in [4.69, 9.17) is 0 Å². The van der Waals surface area contributed by atoms with Gasteiger partial charge in [0.1, 0.15) is 0 Å². The third-order valence-electron chi connectivity index (χ3n) is 3.00. The molecule has 1 atom stereocenters. The molecule has 88 valence electrons. The second kappa shape index (κ2) is 4.55. The van der Waals surface area contributed by atoms with Crippen molar-refractivity contribution in [3.63, 3.8) is 0 Å². The Bertz CT molecular complexity index is 444. The minimum absolute atomic E-state index is 0.267. The van der Waals surface area contributed by atoms with Crippen LogP contribution in [0.15, 0.2) is 29.2 Å². The lowest BCUT2D eigenvalue weighted by molar-refractivity contribution is 0.570. The molecule has 16 heavy (non-hydrogen) atoms. The molecule has 4 heteroatoms. The Morgan fingerprint density at radius 2 is 2.00 bits per heavy atom. The second-order valence-electron chi connectivity index (χ2n) is 4.45. The number of benzene rings is 1. The van der Waals surface area contributed by atoms with Crippen LogP contribution < -0.4 is 5.32 Å². The first-order chi connectivity index (χ1) is 7.58. The van der Waals surface area contributed by atoms with Crippen molar-refractivity contribution in [1.29, 1.82) is 0 Å². The highest BCUT2D eigenvalue weighted by Gasteiger charge is 2.23. The Labute approximate surface area is 96.8 Å².